The second-order valence-corrected chi connectivity index (χ2v) is 4.58. The molecule has 21 heavy (non-hydrogen) atoms. The Hall–Kier alpha value is -2.59. The van der Waals surface area contributed by atoms with Crippen molar-refractivity contribution < 1.29 is 15.0 Å². The molecule has 4 heteroatoms. The van der Waals surface area contributed by atoms with Gasteiger partial charge in [-0.25, -0.2) is 0 Å². The van der Waals surface area contributed by atoms with Gasteiger partial charge in [0.05, 0.1) is 12.6 Å². The largest absolute Gasteiger partial charge is 0.508 e. The summed E-state index contributed by atoms with van der Waals surface area (Å²) in [6, 6.07) is 15.4. The van der Waals surface area contributed by atoms with Gasteiger partial charge in [-0.05, 0) is 29.3 Å². The van der Waals surface area contributed by atoms with Crippen LogP contribution < -0.4 is 5.32 Å². The van der Waals surface area contributed by atoms with Crippen LogP contribution in [0.3, 0.4) is 0 Å². The number of hydrogen-bond donors (Lipinski definition) is 3. The van der Waals surface area contributed by atoms with Gasteiger partial charge in [0.25, 0.3) is 0 Å². The molecular weight excluding hydrogens is 266 g/mol. The zero-order valence-corrected chi connectivity index (χ0v) is 11.4. The Morgan fingerprint density at radius 2 is 1.76 bits per heavy atom. The summed E-state index contributed by atoms with van der Waals surface area (Å²) in [6.07, 6.45) is 3.05. The molecule has 1 amide bonds. The van der Waals surface area contributed by atoms with Crippen molar-refractivity contribution in [1.82, 2.24) is 5.32 Å². The van der Waals surface area contributed by atoms with Crippen molar-refractivity contribution in [1.29, 1.82) is 0 Å². The molecular formula is C17H17NO3. The first-order valence-electron chi connectivity index (χ1n) is 6.62. The fraction of sp³-hybridized carbons (Fsp3) is 0.118. The quantitative estimate of drug-likeness (QED) is 0.737. The molecule has 0 saturated heterocycles. The first-order chi connectivity index (χ1) is 10.2. The molecule has 2 aromatic rings. The van der Waals surface area contributed by atoms with Crippen LogP contribution in [0.1, 0.15) is 17.2 Å². The van der Waals surface area contributed by atoms with E-state index in [0.717, 1.165) is 11.1 Å². The van der Waals surface area contributed by atoms with Gasteiger partial charge in [0, 0.05) is 6.08 Å². The Bertz CT molecular complexity index is 606. The molecule has 0 bridgehead atoms. The molecule has 2 aromatic carbocycles. The van der Waals surface area contributed by atoms with Crippen LogP contribution in [0.5, 0.6) is 5.75 Å². The molecule has 0 aromatic heterocycles. The maximum absolute atomic E-state index is 11.9. The van der Waals surface area contributed by atoms with Crippen LogP contribution >= 0.6 is 0 Å². The van der Waals surface area contributed by atoms with Gasteiger partial charge in [0.2, 0.25) is 5.91 Å². The summed E-state index contributed by atoms with van der Waals surface area (Å²) >= 11 is 0. The number of benzene rings is 2. The van der Waals surface area contributed by atoms with Crippen molar-refractivity contribution in [3.8, 4) is 5.75 Å². The molecule has 0 spiro atoms. The van der Waals surface area contributed by atoms with Gasteiger partial charge in [-0.1, -0.05) is 42.5 Å². The number of phenolic OH excluding ortho intramolecular Hbond substituents is 1. The summed E-state index contributed by atoms with van der Waals surface area (Å²) in [5.41, 5.74) is 1.66. The Labute approximate surface area is 123 Å². The highest BCUT2D eigenvalue weighted by atomic mass is 16.3. The van der Waals surface area contributed by atoms with E-state index in [-0.39, 0.29) is 18.3 Å². The molecule has 2 rings (SSSR count). The number of nitrogens with one attached hydrogen (secondary N) is 1. The van der Waals surface area contributed by atoms with Crippen LogP contribution in [-0.4, -0.2) is 22.7 Å². The molecule has 0 heterocycles. The van der Waals surface area contributed by atoms with Gasteiger partial charge < -0.3 is 15.5 Å². The number of carbonyl (C=O) groups is 1. The second-order valence-electron chi connectivity index (χ2n) is 4.58. The summed E-state index contributed by atoms with van der Waals surface area (Å²) in [5, 5.41) is 21.3. The van der Waals surface area contributed by atoms with E-state index in [2.05, 4.69) is 5.32 Å². The molecule has 3 N–H and O–H groups in total. The lowest BCUT2D eigenvalue weighted by molar-refractivity contribution is -0.117. The van der Waals surface area contributed by atoms with E-state index >= 15 is 0 Å². The first-order valence-corrected chi connectivity index (χ1v) is 6.62. The molecule has 0 aliphatic heterocycles. The van der Waals surface area contributed by atoms with Gasteiger partial charge in [-0.2, -0.15) is 0 Å². The molecule has 0 fully saturated rings. The highest BCUT2D eigenvalue weighted by Crippen LogP contribution is 2.12. The zero-order valence-electron chi connectivity index (χ0n) is 11.4. The van der Waals surface area contributed by atoms with E-state index in [1.165, 1.54) is 6.08 Å². The molecule has 0 saturated carbocycles. The highest BCUT2D eigenvalue weighted by Gasteiger charge is 2.11. The van der Waals surface area contributed by atoms with Crippen LogP contribution in [0.25, 0.3) is 6.08 Å². The lowest BCUT2D eigenvalue weighted by Crippen LogP contribution is -2.29. The zero-order chi connectivity index (χ0) is 15.1. The monoisotopic (exact) mass is 283 g/mol. The minimum atomic E-state index is -0.428. The molecule has 0 aliphatic carbocycles. The topological polar surface area (TPSA) is 69.6 Å². The average molecular weight is 283 g/mol. The number of carbonyl (C=O) groups excluding carboxylic acids is 1. The fourth-order valence-electron chi connectivity index (χ4n) is 1.90. The van der Waals surface area contributed by atoms with Crippen LogP contribution in [0, 0.1) is 0 Å². The fourth-order valence-corrected chi connectivity index (χ4v) is 1.90. The van der Waals surface area contributed by atoms with Crippen LogP contribution in [-0.2, 0) is 4.79 Å². The lowest BCUT2D eigenvalue weighted by Gasteiger charge is -2.15. The van der Waals surface area contributed by atoms with E-state index in [4.69, 9.17) is 0 Å². The van der Waals surface area contributed by atoms with E-state index in [1.54, 1.807) is 30.3 Å². The predicted molar refractivity (Wildman–Crippen MR) is 81.6 cm³/mol. The summed E-state index contributed by atoms with van der Waals surface area (Å²) in [5.74, 6) is -0.105. The SMILES string of the molecule is O=C(C=Cc1ccc(O)cc1)NC(CO)c1ccccc1. The average Bonchev–Trinajstić information content (AvgIpc) is 2.53. The number of rotatable bonds is 5. The number of aliphatic hydroxyl groups is 1. The van der Waals surface area contributed by atoms with Gasteiger partial charge in [-0.15, -0.1) is 0 Å². The third-order valence-corrected chi connectivity index (χ3v) is 3.02. The number of hydrogen-bond acceptors (Lipinski definition) is 3. The summed E-state index contributed by atoms with van der Waals surface area (Å²) in [7, 11) is 0. The van der Waals surface area contributed by atoms with Crippen LogP contribution in [0.4, 0.5) is 0 Å². The smallest absolute Gasteiger partial charge is 0.244 e. The second kappa shape index (κ2) is 7.26. The minimum Gasteiger partial charge on any atom is -0.508 e. The standard InChI is InChI=1S/C17H17NO3/c19-12-16(14-4-2-1-3-5-14)18-17(21)11-8-13-6-9-15(20)10-7-13/h1-11,16,19-20H,12H2,(H,18,21). The molecule has 108 valence electrons. The Morgan fingerprint density at radius 1 is 1.10 bits per heavy atom. The Kier molecular flexibility index (Phi) is 5.12. The van der Waals surface area contributed by atoms with E-state index < -0.39 is 6.04 Å². The number of aliphatic hydroxyl groups excluding tert-OH is 1. The minimum absolute atomic E-state index is 0.164. The number of aromatic hydroxyl groups is 1. The Balaban J connectivity index is 1.98. The van der Waals surface area contributed by atoms with Gasteiger partial charge >= 0.3 is 0 Å². The highest BCUT2D eigenvalue weighted by molar-refractivity contribution is 5.92. The maximum Gasteiger partial charge on any atom is 0.244 e. The summed E-state index contributed by atoms with van der Waals surface area (Å²) < 4.78 is 0. The molecule has 1 atom stereocenters. The third kappa shape index (κ3) is 4.47. The van der Waals surface area contributed by atoms with Crippen molar-refractivity contribution in [3.63, 3.8) is 0 Å². The van der Waals surface area contributed by atoms with Gasteiger partial charge in [0.1, 0.15) is 5.75 Å². The predicted octanol–water partition coefficient (Wildman–Crippen LogP) is 2.26. The molecule has 1 unspecified atom stereocenters. The van der Waals surface area contributed by atoms with Gasteiger partial charge in [-0.3, -0.25) is 4.79 Å². The van der Waals surface area contributed by atoms with Crippen molar-refractivity contribution in [3.05, 3.63) is 71.8 Å². The maximum atomic E-state index is 11.9. The van der Waals surface area contributed by atoms with Crippen LogP contribution in [0.2, 0.25) is 0 Å². The molecule has 0 radical (unpaired) electrons. The van der Waals surface area contributed by atoms with E-state index in [1.807, 2.05) is 30.3 Å². The van der Waals surface area contributed by atoms with E-state index in [9.17, 15) is 15.0 Å². The van der Waals surface area contributed by atoms with Crippen molar-refractivity contribution in [2.24, 2.45) is 0 Å². The third-order valence-electron chi connectivity index (χ3n) is 3.02. The van der Waals surface area contributed by atoms with Crippen molar-refractivity contribution >= 4 is 12.0 Å². The number of phenols is 1. The Morgan fingerprint density at radius 3 is 2.38 bits per heavy atom. The summed E-state index contributed by atoms with van der Waals surface area (Å²) in [6.45, 7) is -0.164. The van der Waals surface area contributed by atoms with Crippen molar-refractivity contribution in [2.75, 3.05) is 6.61 Å². The normalized spacial score (nSPS) is 12.2. The molecule has 0 aliphatic rings. The molecule has 4 nitrogen and oxygen atoms in total. The number of amides is 1. The lowest BCUT2D eigenvalue weighted by atomic mass is 10.1. The van der Waals surface area contributed by atoms with Gasteiger partial charge in [0.15, 0.2) is 0 Å². The first kappa shape index (κ1) is 14.8. The summed E-state index contributed by atoms with van der Waals surface area (Å²) in [4.78, 5) is 11.9. The van der Waals surface area contributed by atoms with Crippen LogP contribution in [0.15, 0.2) is 60.7 Å². The van der Waals surface area contributed by atoms with Crippen molar-refractivity contribution in [2.45, 2.75) is 6.04 Å². The van der Waals surface area contributed by atoms with E-state index in [0.29, 0.717) is 0 Å².